The SMILES string of the molecule is Cc1ccc(C)c2c1[nH]c1c(F)cccc12. The molecule has 1 N–H and O–H groups in total. The smallest absolute Gasteiger partial charge is 0.147 e. The summed E-state index contributed by atoms with van der Waals surface area (Å²) in [6.45, 7) is 4.09. The zero-order valence-electron chi connectivity index (χ0n) is 9.26. The van der Waals surface area contributed by atoms with Crippen LogP contribution in [-0.2, 0) is 0 Å². The minimum Gasteiger partial charge on any atom is -0.352 e. The minimum atomic E-state index is -0.187. The lowest BCUT2D eigenvalue weighted by atomic mass is 10.0. The molecule has 0 saturated heterocycles. The van der Waals surface area contributed by atoms with E-state index in [4.69, 9.17) is 0 Å². The van der Waals surface area contributed by atoms with Gasteiger partial charge in [0.05, 0.1) is 5.52 Å². The fourth-order valence-corrected chi connectivity index (χ4v) is 2.30. The second-order valence-electron chi connectivity index (χ2n) is 4.24. The summed E-state index contributed by atoms with van der Waals surface area (Å²) in [5.74, 6) is -0.187. The van der Waals surface area contributed by atoms with Gasteiger partial charge < -0.3 is 4.98 Å². The maximum atomic E-state index is 13.7. The standard InChI is InChI=1S/C14H12FN/c1-8-6-7-9(2)13-12(8)10-4-3-5-11(15)14(10)16-13/h3-7,16H,1-2H3. The molecule has 0 radical (unpaired) electrons. The van der Waals surface area contributed by atoms with Crippen LogP contribution < -0.4 is 0 Å². The Morgan fingerprint density at radius 2 is 1.69 bits per heavy atom. The summed E-state index contributed by atoms with van der Waals surface area (Å²) in [5, 5.41) is 2.10. The van der Waals surface area contributed by atoms with Crippen molar-refractivity contribution in [2.24, 2.45) is 0 Å². The van der Waals surface area contributed by atoms with Gasteiger partial charge in [0.2, 0.25) is 0 Å². The summed E-state index contributed by atoms with van der Waals surface area (Å²) in [6.07, 6.45) is 0. The van der Waals surface area contributed by atoms with Crippen molar-refractivity contribution in [2.45, 2.75) is 13.8 Å². The number of para-hydroxylation sites is 1. The van der Waals surface area contributed by atoms with Crippen LogP contribution in [0.1, 0.15) is 11.1 Å². The number of nitrogens with one attached hydrogen (secondary N) is 1. The summed E-state index contributed by atoms with van der Waals surface area (Å²) in [5.41, 5.74) is 3.98. The Balaban J connectivity index is 2.66. The van der Waals surface area contributed by atoms with Crippen LogP contribution in [0.4, 0.5) is 4.39 Å². The lowest BCUT2D eigenvalue weighted by Crippen LogP contribution is -1.79. The molecule has 3 rings (SSSR count). The molecule has 0 unspecified atom stereocenters. The van der Waals surface area contributed by atoms with Gasteiger partial charge in [-0.25, -0.2) is 4.39 Å². The van der Waals surface area contributed by atoms with Crippen molar-refractivity contribution in [1.82, 2.24) is 4.98 Å². The van der Waals surface area contributed by atoms with E-state index < -0.39 is 0 Å². The molecule has 1 heterocycles. The predicted octanol–water partition coefficient (Wildman–Crippen LogP) is 4.08. The molecule has 0 fully saturated rings. The Kier molecular flexibility index (Phi) is 1.81. The molecular formula is C14H12FN. The van der Waals surface area contributed by atoms with Crippen molar-refractivity contribution in [3.63, 3.8) is 0 Å². The van der Waals surface area contributed by atoms with Crippen molar-refractivity contribution >= 4 is 21.8 Å². The zero-order chi connectivity index (χ0) is 11.3. The van der Waals surface area contributed by atoms with E-state index in [1.165, 1.54) is 11.6 Å². The highest BCUT2D eigenvalue weighted by Gasteiger charge is 2.10. The number of aromatic amines is 1. The van der Waals surface area contributed by atoms with Gasteiger partial charge in [-0.15, -0.1) is 0 Å². The van der Waals surface area contributed by atoms with Crippen LogP contribution in [-0.4, -0.2) is 4.98 Å². The molecule has 2 heteroatoms. The molecule has 0 aliphatic carbocycles. The first kappa shape index (κ1) is 9.40. The van der Waals surface area contributed by atoms with E-state index in [0.29, 0.717) is 5.52 Å². The maximum absolute atomic E-state index is 13.7. The number of fused-ring (bicyclic) bond motifs is 3. The third kappa shape index (κ3) is 1.10. The van der Waals surface area contributed by atoms with Crippen molar-refractivity contribution in [2.75, 3.05) is 0 Å². The van der Waals surface area contributed by atoms with Crippen molar-refractivity contribution < 1.29 is 4.39 Å². The third-order valence-electron chi connectivity index (χ3n) is 3.15. The van der Waals surface area contributed by atoms with Crippen LogP contribution in [0, 0.1) is 19.7 Å². The lowest BCUT2D eigenvalue weighted by molar-refractivity contribution is 0.637. The van der Waals surface area contributed by atoms with Crippen molar-refractivity contribution in [1.29, 1.82) is 0 Å². The van der Waals surface area contributed by atoms with Gasteiger partial charge in [0.1, 0.15) is 5.82 Å². The fraction of sp³-hybridized carbons (Fsp3) is 0.143. The van der Waals surface area contributed by atoms with Crippen LogP contribution >= 0.6 is 0 Å². The topological polar surface area (TPSA) is 15.8 Å². The molecular weight excluding hydrogens is 201 g/mol. The highest BCUT2D eigenvalue weighted by molar-refractivity contribution is 6.09. The number of aryl methyl sites for hydroxylation is 2. The van der Waals surface area contributed by atoms with E-state index in [-0.39, 0.29) is 5.82 Å². The summed E-state index contributed by atoms with van der Waals surface area (Å²) < 4.78 is 13.7. The molecule has 1 nitrogen and oxygen atoms in total. The van der Waals surface area contributed by atoms with Gasteiger partial charge in [-0.3, -0.25) is 0 Å². The Labute approximate surface area is 92.9 Å². The second-order valence-corrected chi connectivity index (χ2v) is 4.24. The summed E-state index contributed by atoms with van der Waals surface area (Å²) in [6, 6.07) is 9.35. The summed E-state index contributed by atoms with van der Waals surface area (Å²) in [7, 11) is 0. The number of benzene rings is 2. The maximum Gasteiger partial charge on any atom is 0.147 e. The van der Waals surface area contributed by atoms with Crippen LogP contribution in [0.3, 0.4) is 0 Å². The average Bonchev–Trinajstić information content (AvgIpc) is 2.66. The normalized spacial score (nSPS) is 11.4. The van der Waals surface area contributed by atoms with Crippen LogP contribution in [0.5, 0.6) is 0 Å². The Bertz CT molecular complexity index is 695. The lowest BCUT2D eigenvalue weighted by Gasteiger charge is -1.99. The molecule has 0 atom stereocenters. The van der Waals surface area contributed by atoms with E-state index in [0.717, 1.165) is 21.9 Å². The number of hydrogen-bond acceptors (Lipinski definition) is 0. The summed E-state index contributed by atoms with van der Waals surface area (Å²) in [4.78, 5) is 3.18. The first-order valence-electron chi connectivity index (χ1n) is 5.34. The van der Waals surface area contributed by atoms with E-state index in [9.17, 15) is 4.39 Å². The molecule has 2 aromatic carbocycles. The van der Waals surface area contributed by atoms with Crippen molar-refractivity contribution in [3.05, 3.63) is 47.3 Å². The molecule has 0 bridgehead atoms. The van der Waals surface area contributed by atoms with Gasteiger partial charge in [-0.1, -0.05) is 24.3 Å². The molecule has 3 aromatic rings. The Hall–Kier alpha value is -1.83. The summed E-state index contributed by atoms with van der Waals surface area (Å²) >= 11 is 0. The van der Waals surface area contributed by atoms with Crippen LogP contribution in [0.25, 0.3) is 21.8 Å². The van der Waals surface area contributed by atoms with Gasteiger partial charge in [-0.05, 0) is 31.0 Å². The second kappa shape index (κ2) is 3.08. The highest BCUT2D eigenvalue weighted by atomic mass is 19.1. The predicted molar refractivity (Wildman–Crippen MR) is 65.2 cm³/mol. The van der Waals surface area contributed by atoms with Crippen LogP contribution in [0.15, 0.2) is 30.3 Å². The molecule has 0 aliphatic rings. The molecule has 0 spiro atoms. The largest absolute Gasteiger partial charge is 0.352 e. The first-order chi connectivity index (χ1) is 7.68. The number of rotatable bonds is 0. The van der Waals surface area contributed by atoms with Gasteiger partial charge in [0.25, 0.3) is 0 Å². The van der Waals surface area contributed by atoms with E-state index in [1.807, 2.05) is 13.0 Å². The molecule has 16 heavy (non-hydrogen) atoms. The number of hydrogen-bond donors (Lipinski definition) is 1. The Morgan fingerprint density at radius 1 is 0.938 bits per heavy atom. The molecule has 0 aliphatic heterocycles. The molecule has 80 valence electrons. The molecule has 0 amide bonds. The van der Waals surface area contributed by atoms with E-state index in [2.05, 4.69) is 24.0 Å². The molecule has 0 saturated carbocycles. The highest BCUT2D eigenvalue weighted by Crippen LogP contribution is 2.31. The number of H-pyrrole nitrogens is 1. The van der Waals surface area contributed by atoms with Gasteiger partial charge >= 0.3 is 0 Å². The molecule has 1 aromatic heterocycles. The Morgan fingerprint density at radius 3 is 2.50 bits per heavy atom. The fourth-order valence-electron chi connectivity index (χ4n) is 2.30. The average molecular weight is 213 g/mol. The quantitative estimate of drug-likeness (QED) is 0.579. The monoisotopic (exact) mass is 213 g/mol. The first-order valence-corrected chi connectivity index (χ1v) is 5.34. The van der Waals surface area contributed by atoms with Gasteiger partial charge in [-0.2, -0.15) is 0 Å². The zero-order valence-corrected chi connectivity index (χ0v) is 9.26. The van der Waals surface area contributed by atoms with Crippen LogP contribution in [0.2, 0.25) is 0 Å². The van der Waals surface area contributed by atoms with Crippen molar-refractivity contribution in [3.8, 4) is 0 Å². The number of halogens is 1. The van der Waals surface area contributed by atoms with Gasteiger partial charge in [0.15, 0.2) is 0 Å². The van der Waals surface area contributed by atoms with Gasteiger partial charge in [0, 0.05) is 16.3 Å². The van der Waals surface area contributed by atoms with E-state index in [1.54, 1.807) is 6.07 Å². The minimum absolute atomic E-state index is 0.187. The number of aromatic nitrogens is 1. The van der Waals surface area contributed by atoms with E-state index >= 15 is 0 Å². The third-order valence-corrected chi connectivity index (χ3v) is 3.15.